The van der Waals surface area contributed by atoms with Crippen molar-refractivity contribution in [1.82, 2.24) is 9.78 Å². The number of rotatable bonds is 2. The van der Waals surface area contributed by atoms with Crippen molar-refractivity contribution in [3.8, 4) is 0 Å². The first-order chi connectivity index (χ1) is 8.60. The Morgan fingerprint density at radius 2 is 2.28 bits per heavy atom. The summed E-state index contributed by atoms with van der Waals surface area (Å²) in [5.74, 6) is 0.429. The van der Waals surface area contributed by atoms with Crippen molar-refractivity contribution < 1.29 is 9.47 Å². The number of ether oxygens (including phenoxy) is 2. The van der Waals surface area contributed by atoms with Gasteiger partial charge < -0.3 is 9.47 Å². The average Bonchev–Trinajstić information content (AvgIpc) is 2.94. The quantitative estimate of drug-likeness (QED) is 0.808. The molecular weight excluding hydrogens is 228 g/mol. The van der Waals surface area contributed by atoms with Crippen LogP contribution in [0.15, 0.2) is 6.20 Å². The van der Waals surface area contributed by atoms with Crippen LogP contribution in [0.25, 0.3) is 0 Å². The molecule has 2 aliphatic rings. The van der Waals surface area contributed by atoms with Crippen LogP contribution in [-0.2, 0) is 15.1 Å². The van der Waals surface area contributed by atoms with Gasteiger partial charge in [-0.15, -0.1) is 0 Å². The minimum absolute atomic E-state index is 0.152. The molecule has 18 heavy (non-hydrogen) atoms. The monoisotopic (exact) mass is 250 g/mol. The molecule has 1 fully saturated rings. The van der Waals surface area contributed by atoms with E-state index >= 15 is 0 Å². The Hall–Kier alpha value is -0.870. The maximum atomic E-state index is 6.49. The Kier molecular flexibility index (Phi) is 2.75. The predicted octanol–water partition coefficient (Wildman–Crippen LogP) is 2.42. The van der Waals surface area contributed by atoms with Crippen LogP contribution in [0, 0.1) is 12.8 Å². The molecule has 3 unspecified atom stereocenters. The second-order valence-electron chi connectivity index (χ2n) is 5.78. The van der Waals surface area contributed by atoms with Crippen molar-refractivity contribution in [3.63, 3.8) is 0 Å². The summed E-state index contributed by atoms with van der Waals surface area (Å²) in [7, 11) is 0. The van der Waals surface area contributed by atoms with Gasteiger partial charge in [0.1, 0.15) is 17.7 Å². The van der Waals surface area contributed by atoms with Gasteiger partial charge in [0.2, 0.25) is 0 Å². The second kappa shape index (κ2) is 4.07. The van der Waals surface area contributed by atoms with Crippen molar-refractivity contribution in [2.45, 2.75) is 51.9 Å². The molecular formula is C14H22N2O2. The lowest BCUT2D eigenvalue weighted by Gasteiger charge is -2.45. The van der Waals surface area contributed by atoms with Crippen molar-refractivity contribution in [3.05, 3.63) is 17.5 Å². The van der Waals surface area contributed by atoms with Gasteiger partial charge in [-0.3, -0.25) is 4.68 Å². The fourth-order valence-electron chi connectivity index (χ4n) is 3.49. The van der Waals surface area contributed by atoms with Crippen molar-refractivity contribution in [2.24, 2.45) is 5.92 Å². The Bertz CT molecular complexity index is 455. The van der Waals surface area contributed by atoms with Crippen LogP contribution in [0.1, 0.15) is 44.5 Å². The third-order valence-corrected chi connectivity index (χ3v) is 4.51. The SMILES string of the molecule is CCC1(C(C)C)OC2COCC2n2ncc(C)c21. The van der Waals surface area contributed by atoms with Crippen LogP contribution in [0.4, 0.5) is 0 Å². The van der Waals surface area contributed by atoms with Gasteiger partial charge in [-0.1, -0.05) is 20.8 Å². The number of nitrogens with zero attached hydrogens (tertiary/aromatic N) is 2. The second-order valence-corrected chi connectivity index (χ2v) is 5.78. The van der Waals surface area contributed by atoms with E-state index in [1.54, 1.807) is 0 Å². The van der Waals surface area contributed by atoms with Gasteiger partial charge in [0.25, 0.3) is 0 Å². The van der Waals surface area contributed by atoms with Gasteiger partial charge in [0, 0.05) is 0 Å². The lowest BCUT2D eigenvalue weighted by Crippen LogP contribution is -2.48. The maximum Gasteiger partial charge on any atom is 0.113 e. The van der Waals surface area contributed by atoms with Crippen molar-refractivity contribution >= 4 is 0 Å². The highest BCUT2D eigenvalue weighted by Crippen LogP contribution is 2.46. The topological polar surface area (TPSA) is 36.3 Å². The standard InChI is InChI=1S/C14H22N2O2/c1-5-14(9(2)3)13-10(4)6-15-16(13)11-7-17-8-12(11)18-14/h6,9,11-12H,5,7-8H2,1-4H3. The summed E-state index contributed by atoms with van der Waals surface area (Å²) in [6.07, 6.45) is 3.09. The van der Waals surface area contributed by atoms with Gasteiger partial charge in [-0.05, 0) is 24.8 Å². The van der Waals surface area contributed by atoms with Crippen LogP contribution in [0.2, 0.25) is 0 Å². The van der Waals surface area contributed by atoms with E-state index in [4.69, 9.17) is 9.47 Å². The van der Waals surface area contributed by atoms with E-state index in [0.717, 1.165) is 13.0 Å². The zero-order chi connectivity index (χ0) is 12.9. The third kappa shape index (κ3) is 1.42. The summed E-state index contributed by atoms with van der Waals surface area (Å²) in [6.45, 7) is 10.2. The Morgan fingerprint density at radius 1 is 1.50 bits per heavy atom. The van der Waals surface area contributed by atoms with Crippen LogP contribution >= 0.6 is 0 Å². The first-order valence-electron chi connectivity index (χ1n) is 6.90. The van der Waals surface area contributed by atoms with E-state index in [1.165, 1.54) is 11.3 Å². The van der Waals surface area contributed by atoms with E-state index < -0.39 is 0 Å². The number of aromatic nitrogens is 2. The number of aryl methyl sites for hydroxylation is 1. The summed E-state index contributed by atoms with van der Waals surface area (Å²) >= 11 is 0. The molecule has 0 aliphatic carbocycles. The summed E-state index contributed by atoms with van der Waals surface area (Å²) in [4.78, 5) is 0. The third-order valence-electron chi connectivity index (χ3n) is 4.51. The molecule has 1 saturated heterocycles. The molecule has 0 amide bonds. The fraction of sp³-hybridized carbons (Fsp3) is 0.786. The summed E-state index contributed by atoms with van der Waals surface area (Å²) in [5.41, 5.74) is 2.28. The molecule has 100 valence electrons. The molecule has 0 spiro atoms. The molecule has 1 aromatic heterocycles. The molecule has 0 saturated carbocycles. The molecule has 0 radical (unpaired) electrons. The molecule has 4 nitrogen and oxygen atoms in total. The van der Waals surface area contributed by atoms with Gasteiger partial charge >= 0.3 is 0 Å². The van der Waals surface area contributed by atoms with Crippen molar-refractivity contribution in [2.75, 3.05) is 13.2 Å². The zero-order valence-electron chi connectivity index (χ0n) is 11.6. The van der Waals surface area contributed by atoms with E-state index in [1.807, 2.05) is 6.20 Å². The normalized spacial score (nSPS) is 34.7. The van der Waals surface area contributed by atoms with Gasteiger partial charge in [0.05, 0.1) is 25.1 Å². The molecule has 0 bridgehead atoms. The van der Waals surface area contributed by atoms with Gasteiger partial charge in [-0.25, -0.2) is 0 Å². The highest BCUT2D eigenvalue weighted by molar-refractivity contribution is 5.27. The minimum Gasteiger partial charge on any atom is -0.376 e. The van der Waals surface area contributed by atoms with Gasteiger partial charge in [0.15, 0.2) is 0 Å². The Morgan fingerprint density at radius 3 is 2.94 bits per heavy atom. The summed E-state index contributed by atoms with van der Waals surface area (Å²) < 4.78 is 14.2. The van der Waals surface area contributed by atoms with Crippen molar-refractivity contribution in [1.29, 1.82) is 0 Å². The Labute approximate surface area is 108 Å². The predicted molar refractivity (Wildman–Crippen MR) is 68.5 cm³/mol. The highest BCUT2D eigenvalue weighted by Gasteiger charge is 2.50. The lowest BCUT2D eigenvalue weighted by atomic mass is 9.81. The number of hydrogen-bond donors (Lipinski definition) is 0. The van der Waals surface area contributed by atoms with Crippen LogP contribution < -0.4 is 0 Å². The molecule has 4 heteroatoms. The van der Waals surface area contributed by atoms with Gasteiger partial charge in [-0.2, -0.15) is 5.10 Å². The zero-order valence-corrected chi connectivity index (χ0v) is 11.6. The average molecular weight is 250 g/mol. The highest BCUT2D eigenvalue weighted by atomic mass is 16.6. The Balaban J connectivity index is 2.17. The number of fused-ring (bicyclic) bond motifs is 3. The molecule has 1 aromatic rings. The summed E-state index contributed by atoms with van der Waals surface area (Å²) in [6, 6.07) is 0.257. The first kappa shape index (κ1) is 12.2. The number of hydrogen-bond acceptors (Lipinski definition) is 3. The van der Waals surface area contributed by atoms with Crippen LogP contribution in [0.3, 0.4) is 0 Å². The van der Waals surface area contributed by atoms with Crippen LogP contribution in [-0.4, -0.2) is 29.1 Å². The molecule has 3 rings (SSSR count). The largest absolute Gasteiger partial charge is 0.376 e. The smallest absolute Gasteiger partial charge is 0.113 e. The molecule has 3 heterocycles. The molecule has 0 aromatic carbocycles. The fourth-order valence-corrected chi connectivity index (χ4v) is 3.49. The first-order valence-corrected chi connectivity index (χ1v) is 6.90. The van der Waals surface area contributed by atoms with E-state index in [0.29, 0.717) is 12.5 Å². The minimum atomic E-state index is -0.213. The van der Waals surface area contributed by atoms with Crippen LogP contribution in [0.5, 0.6) is 0 Å². The molecule has 0 N–H and O–H groups in total. The molecule has 3 atom stereocenters. The lowest BCUT2D eigenvalue weighted by molar-refractivity contribution is -0.162. The van der Waals surface area contributed by atoms with E-state index in [9.17, 15) is 0 Å². The van der Waals surface area contributed by atoms with E-state index in [-0.39, 0.29) is 17.7 Å². The molecule has 2 aliphatic heterocycles. The maximum absolute atomic E-state index is 6.49. The van der Waals surface area contributed by atoms with E-state index in [2.05, 4.69) is 37.5 Å². The summed E-state index contributed by atoms with van der Waals surface area (Å²) in [5, 5.41) is 4.58.